The smallest absolute Gasteiger partial charge is 0.187 e. The lowest BCUT2D eigenvalue weighted by Crippen LogP contribution is -2.40. The molecular weight excluding hydrogens is 296 g/mol. The number of fused-ring (bicyclic) bond motifs is 1. The predicted molar refractivity (Wildman–Crippen MR) is 102 cm³/mol. The Morgan fingerprint density at radius 3 is 2.54 bits per heavy atom. The monoisotopic (exact) mass is 328 g/mol. The van der Waals surface area contributed by atoms with Crippen molar-refractivity contribution in [2.45, 2.75) is 52.0 Å². The Kier molecular flexibility index (Phi) is 7.04. The van der Waals surface area contributed by atoms with Gasteiger partial charge in [0, 0.05) is 38.0 Å². The number of ketones is 1. The SMILES string of the molecule is CCCN(CCC)[C@H]1CCc2cccc(C(=O)/C=C/N(C)C)c2C1. The summed E-state index contributed by atoms with van der Waals surface area (Å²) >= 11 is 0. The molecule has 1 atom stereocenters. The second-order valence-corrected chi connectivity index (χ2v) is 7.02. The molecule has 0 fully saturated rings. The van der Waals surface area contributed by atoms with Crippen molar-refractivity contribution < 1.29 is 4.79 Å². The normalized spacial score (nSPS) is 17.3. The van der Waals surface area contributed by atoms with E-state index in [0.717, 1.165) is 31.5 Å². The third kappa shape index (κ3) is 4.70. The Balaban J connectivity index is 2.24. The third-order valence-electron chi connectivity index (χ3n) is 4.79. The van der Waals surface area contributed by atoms with Crippen LogP contribution in [0.15, 0.2) is 30.5 Å². The summed E-state index contributed by atoms with van der Waals surface area (Å²) in [5.41, 5.74) is 3.53. The molecule has 0 aliphatic heterocycles. The van der Waals surface area contributed by atoms with Crippen LogP contribution in [0.25, 0.3) is 0 Å². The van der Waals surface area contributed by atoms with Gasteiger partial charge in [0.1, 0.15) is 0 Å². The van der Waals surface area contributed by atoms with E-state index in [-0.39, 0.29) is 5.78 Å². The molecule has 132 valence electrons. The molecule has 0 amide bonds. The van der Waals surface area contributed by atoms with Crippen molar-refractivity contribution in [2.75, 3.05) is 27.2 Å². The molecule has 0 N–H and O–H groups in total. The average molecular weight is 329 g/mol. The van der Waals surface area contributed by atoms with Crippen LogP contribution in [0.4, 0.5) is 0 Å². The van der Waals surface area contributed by atoms with Crippen LogP contribution in [0, 0.1) is 0 Å². The van der Waals surface area contributed by atoms with E-state index in [1.54, 1.807) is 6.08 Å². The maximum atomic E-state index is 12.6. The summed E-state index contributed by atoms with van der Waals surface area (Å²) in [6.45, 7) is 6.82. The summed E-state index contributed by atoms with van der Waals surface area (Å²) in [7, 11) is 3.88. The Morgan fingerprint density at radius 2 is 1.92 bits per heavy atom. The van der Waals surface area contributed by atoms with Gasteiger partial charge in [0.15, 0.2) is 5.78 Å². The molecule has 0 spiro atoms. The number of nitrogens with zero attached hydrogens (tertiary/aromatic N) is 2. The Morgan fingerprint density at radius 1 is 1.21 bits per heavy atom. The van der Waals surface area contributed by atoms with Crippen molar-refractivity contribution >= 4 is 5.78 Å². The number of aryl methyl sites for hydroxylation is 1. The van der Waals surface area contributed by atoms with Gasteiger partial charge < -0.3 is 9.80 Å². The molecule has 1 aromatic rings. The zero-order valence-corrected chi connectivity index (χ0v) is 15.7. The van der Waals surface area contributed by atoms with E-state index >= 15 is 0 Å². The lowest BCUT2D eigenvalue weighted by atomic mass is 9.83. The topological polar surface area (TPSA) is 23.6 Å². The number of hydrogen-bond acceptors (Lipinski definition) is 3. The molecule has 0 unspecified atom stereocenters. The average Bonchev–Trinajstić information content (AvgIpc) is 2.58. The quantitative estimate of drug-likeness (QED) is 0.534. The van der Waals surface area contributed by atoms with Crippen molar-refractivity contribution in [2.24, 2.45) is 0 Å². The first-order valence-electron chi connectivity index (χ1n) is 9.30. The number of allylic oxidation sites excluding steroid dienone is 1. The largest absolute Gasteiger partial charge is 0.383 e. The molecule has 3 nitrogen and oxygen atoms in total. The maximum absolute atomic E-state index is 12.6. The van der Waals surface area contributed by atoms with E-state index in [4.69, 9.17) is 0 Å². The fourth-order valence-electron chi connectivity index (χ4n) is 3.67. The fraction of sp³-hybridized carbons (Fsp3) is 0.571. The summed E-state index contributed by atoms with van der Waals surface area (Å²) in [5.74, 6) is 0.124. The molecule has 0 heterocycles. The number of hydrogen-bond donors (Lipinski definition) is 0. The number of carbonyl (C=O) groups is 1. The van der Waals surface area contributed by atoms with Crippen molar-refractivity contribution in [1.82, 2.24) is 9.80 Å². The Hall–Kier alpha value is -1.61. The van der Waals surface area contributed by atoms with Crippen LogP contribution in [0.3, 0.4) is 0 Å². The summed E-state index contributed by atoms with van der Waals surface area (Å²) in [6.07, 6.45) is 9.20. The molecule has 0 bridgehead atoms. The molecule has 24 heavy (non-hydrogen) atoms. The minimum Gasteiger partial charge on any atom is -0.383 e. The summed E-state index contributed by atoms with van der Waals surface area (Å²) < 4.78 is 0. The van der Waals surface area contributed by atoms with Crippen LogP contribution in [0.1, 0.15) is 54.6 Å². The summed E-state index contributed by atoms with van der Waals surface area (Å²) in [6, 6.07) is 6.80. The van der Waals surface area contributed by atoms with Gasteiger partial charge in [0.25, 0.3) is 0 Å². The highest BCUT2D eigenvalue weighted by Crippen LogP contribution is 2.28. The second-order valence-electron chi connectivity index (χ2n) is 7.02. The zero-order valence-electron chi connectivity index (χ0n) is 15.7. The third-order valence-corrected chi connectivity index (χ3v) is 4.79. The van der Waals surface area contributed by atoms with Gasteiger partial charge in [0.2, 0.25) is 0 Å². The highest BCUT2D eigenvalue weighted by molar-refractivity contribution is 6.05. The van der Waals surface area contributed by atoms with Crippen molar-refractivity contribution in [3.63, 3.8) is 0 Å². The van der Waals surface area contributed by atoms with E-state index in [0.29, 0.717) is 6.04 Å². The van der Waals surface area contributed by atoms with Gasteiger partial charge in [-0.1, -0.05) is 32.0 Å². The van der Waals surface area contributed by atoms with Gasteiger partial charge in [0.05, 0.1) is 0 Å². The van der Waals surface area contributed by atoms with Gasteiger partial charge in [-0.25, -0.2) is 0 Å². The van der Waals surface area contributed by atoms with Crippen LogP contribution in [-0.4, -0.2) is 48.8 Å². The van der Waals surface area contributed by atoms with Gasteiger partial charge in [-0.15, -0.1) is 0 Å². The molecule has 0 saturated carbocycles. The van der Waals surface area contributed by atoms with E-state index in [9.17, 15) is 4.79 Å². The lowest BCUT2D eigenvalue weighted by molar-refractivity contribution is 0.104. The minimum absolute atomic E-state index is 0.124. The molecule has 1 aliphatic carbocycles. The predicted octanol–water partition coefficient (Wildman–Crippen LogP) is 3.92. The van der Waals surface area contributed by atoms with Crippen molar-refractivity contribution in [3.8, 4) is 0 Å². The highest BCUT2D eigenvalue weighted by Gasteiger charge is 2.26. The maximum Gasteiger partial charge on any atom is 0.187 e. The highest BCUT2D eigenvalue weighted by atomic mass is 16.1. The van der Waals surface area contributed by atoms with Gasteiger partial charge in [-0.3, -0.25) is 4.79 Å². The van der Waals surface area contributed by atoms with Crippen LogP contribution < -0.4 is 0 Å². The van der Waals surface area contributed by atoms with Crippen LogP contribution in [0.2, 0.25) is 0 Å². The van der Waals surface area contributed by atoms with Gasteiger partial charge in [-0.05, 0) is 56.3 Å². The van der Waals surface area contributed by atoms with E-state index < -0.39 is 0 Å². The van der Waals surface area contributed by atoms with E-state index in [1.165, 1.54) is 30.4 Å². The second kappa shape index (κ2) is 9.03. The van der Waals surface area contributed by atoms with E-state index in [2.05, 4.69) is 24.8 Å². The summed E-state index contributed by atoms with van der Waals surface area (Å²) in [5, 5.41) is 0. The first-order chi connectivity index (χ1) is 11.6. The molecule has 0 aromatic heterocycles. The number of carbonyl (C=O) groups excluding carboxylic acids is 1. The molecule has 1 aromatic carbocycles. The standard InChI is InChI=1S/C21H32N2O/c1-5-13-23(14-6-2)18-11-10-17-8-7-9-19(20(17)16-18)21(24)12-15-22(3)4/h7-9,12,15,18H,5-6,10-11,13-14,16H2,1-4H3/b15-12+/t18-/m0/s1. The molecule has 0 radical (unpaired) electrons. The number of rotatable bonds is 8. The summed E-state index contributed by atoms with van der Waals surface area (Å²) in [4.78, 5) is 17.1. The first kappa shape index (κ1) is 18.7. The lowest BCUT2D eigenvalue weighted by Gasteiger charge is -2.35. The Bertz CT molecular complexity index is 571. The van der Waals surface area contributed by atoms with Crippen LogP contribution in [0.5, 0.6) is 0 Å². The zero-order chi connectivity index (χ0) is 17.5. The van der Waals surface area contributed by atoms with Crippen molar-refractivity contribution in [1.29, 1.82) is 0 Å². The number of benzene rings is 1. The Labute approximate surface area is 147 Å². The molecular formula is C21H32N2O. The van der Waals surface area contributed by atoms with Gasteiger partial charge >= 0.3 is 0 Å². The molecule has 2 rings (SSSR count). The molecule has 3 heteroatoms. The minimum atomic E-state index is 0.124. The van der Waals surface area contributed by atoms with Crippen LogP contribution >= 0.6 is 0 Å². The van der Waals surface area contributed by atoms with E-state index in [1.807, 2.05) is 37.3 Å². The van der Waals surface area contributed by atoms with Gasteiger partial charge in [-0.2, -0.15) is 0 Å². The molecule has 0 saturated heterocycles. The first-order valence-corrected chi connectivity index (χ1v) is 9.30. The van der Waals surface area contributed by atoms with Crippen LogP contribution in [-0.2, 0) is 12.8 Å². The molecule has 1 aliphatic rings. The van der Waals surface area contributed by atoms with Crippen molar-refractivity contribution in [3.05, 3.63) is 47.2 Å². The fourth-order valence-corrected chi connectivity index (χ4v) is 3.67.